The molecule has 0 bridgehead atoms. The minimum absolute atomic E-state index is 0.108. The summed E-state index contributed by atoms with van der Waals surface area (Å²) in [5.41, 5.74) is 0.108. The van der Waals surface area contributed by atoms with Crippen LogP contribution in [0.4, 0.5) is 4.39 Å². The molecule has 1 aliphatic rings. The maximum Gasteiger partial charge on any atom is 0.162 e. The summed E-state index contributed by atoms with van der Waals surface area (Å²) in [5.74, 6) is -0.317. The van der Waals surface area contributed by atoms with Gasteiger partial charge in [0, 0.05) is 38.8 Å². The first-order valence-corrected chi connectivity index (χ1v) is 6.90. The lowest BCUT2D eigenvalue weighted by molar-refractivity contribution is 0.101. The topological polar surface area (TPSA) is 32.8 Å². The molecule has 110 valence electrons. The number of likely N-dealkylation sites (N-methyl/N-ethyl adjacent to an activating group) is 1. The van der Waals surface area contributed by atoms with E-state index in [1.165, 1.54) is 19.1 Å². The van der Waals surface area contributed by atoms with Crippen molar-refractivity contribution in [3.8, 4) is 5.75 Å². The predicted molar refractivity (Wildman–Crippen MR) is 75.8 cm³/mol. The van der Waals surface area contributed by atoms with Crippen molar-refractivity contribution in [3.05, 3.63) is 29.6 Å². The standard InChI is InChI=1S/C15H21FN2O2/c1-12(19)14-4-3-13(11-15(14)16)20-10-9-18-7-5-17(2)6-8-18/h3-4,11H,5-10H2,1-2H3. The van der Waals surface area contributed by atoms with Gasteiger partial charge in [-0.05, 0) is 26.1 Å². The van der Waals surface area contributed by atoms with Gasteiger partial charge in [0.15, 0.2) is 5.78 Å². The molecule has 0 unspecified atom stereocenters. The van der Waals surface area contributed by atoms with Crippen molar-refractivity contribution in [1.82, 2.24) is 9.80 Å². The Morgan fingerprint density at radius 1 is 1.30 bits per heavy atom. The van der Waals surface area contributed by atoms with E-state index in [9.17, 15) is 9.18 Å². The number of benzene rings is 1. The van der Waals surface area contributed by atoms with Gasteiger partial charge in [-0.3, -0.25) is 9.69 Å². The number of piperazine rings is 1. The van der Waals surface area contributed by atoms with Crippen LogP contribution in [-0.4, -0.2) is 62.0 Å². The fourth-order valence-corrected chi connectivity index (χ4v) is 2.24. The monoisotopic (exact) mass is 280 g/mol. The van der Waals surface area contributed by atoms with Gasteiger partial charge in [0.1, 0.15) is 18.2 Å². The van der Waals surface area contributed by atoms with E-state index in [1.807, 2.05) is 0 Å². The van der Waals surface area contributed by atoms with Crippen molar-refractivity contribution in [1.29, 1.82) is 0 Å². The summed E-state index contributed by atoms with van der Waals surface area (Å²) >= 11 is 0. The number of carbonyl (C=O) groups excluding carboxylic acids is 1. The number of halogens is 1. The Hall–Kier alpha value is -1.46. The molecule has 0 spiro atoms. The first kappa shape index (κ1) is 14.9. The van der Waals surface area contributed by atoms with Crippen LogP contribution in [0.3, 0.4) is 0 Å². The average Bonchev–Trinajstić information content (AvgIpc) is 2.41. The summed E-state index contributed by atoms with van der Waals surface area (Å²) in [7, 11) is 2.12. The second-order valence-corrected chi connectivity index (χ2v) is 5.19. The van der Waals surface area contributed by atoms with Gasteiger partial charge < -0.3 is 9.64 Å². The fraction of sp³-hybridized carbons (Fsp3) is 0.533. The highest BCUT2D eigenvalue weighted by atomic mass is 19.1. The van der Waals surface area contributed by atoms with Crippen molar-refractivity contribution < 1.29 is 13.9 Å². The molecule has 1 aromatic carbocycles. The lowest BCUT2D eigenvalue weighted by Crippen LogP contribution is -2.45. The maximum absolute atomic E-state index is 13.6. The number of rotatable bonds is 5. The molecule has 0 N–H and O–H groups in total. The number of nitrogens with zero attached hydrogens (tertiary/aromatic N) is 2. The van der Waals surface area contributed by atoms with E-state index in [0.29, 0.717) is 12.4 Å². The summed E-state index contributed by atoms with van der Waals surface area (Å²) in [6.45, 7) is 6.94. The minimum Gasteiger partial charge on any atom is -0.492 e. The zero-order chi connectivity index (χ0) is 14.5. The summed E-state index contributed by atoms with van der Waals surface area (Å²) in [6, 6.07) is 4.40. The molecule has 4 nitrogen and oxygen atoms in total. The van der Waals surface area contributed by atoms with Crippen LogP contribution in [0.1, 0.15) is 17.3 Å². The molecule has 1 aliphatic heterocycles. The highest BCUT2D eigenvalue weighted by molar-refractivity contribution is 5.94. The molecule has 1 heterocycles. The first-order chi connectivity index (χ1) is 9.56. The van der Waals surface area contributed by atoms with Gasteiger partial charge in [0.2, 0.25) is 0 Å². The summed E-state index contributed by atoms with van der Waals surface area (Å²) < 4.78 is 19.2. The lowest BCUT2D eigenvalue weighted by Gasteiger charge is -2.32. The van der Waals surface area contributed by atoms with E-state index in [1.54, 1.807) is 6.07 Å². The molecule has 0 amide bonds. The van der Waals surface area contributed by atoms with Crippen LogP contribution in [0.5, 0.6) is 5.75 Å². The van der Waals surface area contributed by atoms with Gasteiger partial charge in [-0.15, -0.1) is 0 Å². The van der Waals surface area contributed by atoms with E-state index in [4.69, 9.17) is 4.74 Å². The molecule has 1 saturated heterocycles. The second-order valence-electron chi connectivity index (χ2n) is 5.19. The van der Waals surface area contributed by atoms with Crippen molar-refractivity contribution in [2.75, 3.05) is 46.4 Å². The minimum atomic E-state index is -0.519. The Balaban J connectivity index is 1.79. The largest absolute Gasteiger partial charge is 0.492 e. The van der Waals surface area contributed by atoms with Crippen LogP contribution in [0, 0.1) is 5.82 Å². The molecule has 0 aromatic heterocycles. The van der Waals surface area contributed by atoms with Gasteiger partial charge in [-0.25, -0.2) is 4.39 Å². The molecule has 0 radical (unpaired) electrons. The molecule has 1 aromatic rings. The lowest BCUT2D eigenvalue weighted by atomic mass is 10.1. The fourth-order valence-electron chi connectivity index (χ4n) is 2.24. The number of hydrogen-bond donors (Lipinski definition) is 0. The second kappa shape index (κ2) is 6.81. The van der Waals surface area contributed by atoms with E-state index in [0.717, 1.165) is 32.7 Å². The molecule has 0 aliphatic carbocycles. The van der Waals surface area contributed by atoms with Gasteiger partial charge in [-0.2, -0.15) is 0 Å². The van der Waals surface area contributed by atoms with Crippen molar-refractivity contribution in [2.24, 2.45) is 0 Å². The Morgan fingerprint density at radius 2 is 2.00 bits per heavy atom. The number of Topliss-reactive ketones (excluding diaryl/α,β-unsaturated/α-hetero) is 1. The van der Waals surface area contributed by atoms with Crippen LogP contribution in [-0.2, 0) is 0 Å². The zero-order valence-electron chi connectivity index (χ0n) is 12.1. The molecule has 20 heavy (non-hydrogen) atoms. The maximum atomic E-state index is 13.6. The number of ketones is 1. The quantitative estimate of drug-likeness (QED) is 0.768. The Labute approximate surface area is 119 Å². The highest BCUT2D eigenvalue weighted by Crippen LogP contribution is 2.17. The van der Waals surface area contributed by atoms with Crippen LogP contribution in [0.25, 0.3) is 0 Å². The van der Waals surface area contributed by atoms with E-state index in [2.05, 4.69) is 16.8 Å². The third kappa shape index (κ3) is 4.02. The third-order valence-electron chi connectivity index (χ3n) is 3.59. The summed E-state index contributed by atoms with van der Waals surface area (Å²) in [5, 5.41) is 0. The van der Waals surface area contributed by atoms with Gasteiger partial charge in [0.25, 0.3) is 0 Å². The van der Waals surface area contributed by atoms with Crippen molar-refractivity contribution >= 4 is 5.78 Å². The molecule has 5 heteroatoms. The SMILES string of the molecule is CC(=O)c1ccc(OCCN2CCN(C)CC2)cc1F. The van der Waals surface area contributed by atoms with Crippen molar-refractivity contribution in [2.45, 2.75) is 6.92 Å². The van der Waals surface area contributed by atoms with Crippen LogP contribution in [0.2, 0.25) is 0 Å². The number of ether oxygens (including phenoxy) is 1. The molecular formula is C15H21FN2O2. The smallest absolute Gasteiger partial charge is 0.162 e. The molecular weight excluding hydrogens is 259 g/mol. The zero-order valence-corrected chi connectivity index (χ0v) is 12.1. The van der Waals surface area contributed by atoms with E-state index < -0.39 is 5.82 Å². The third-order valence-corrected chi connectivity index (χ3v) is 3.59. The first-order valence-electron chi connectivity index (χ1n) is 6.90. The van der Waals surface area contributed by atoms with E-state index in [-0.39, 0.29) is 11.3 Å². The normalized spacial score (nSPS) is 17.1. The Bertz CT molecular complexity index is 471. The van der Waals surface area contributed by atoms with Crippen LogP contribution in [0.15, 0.2) is 18.2 Å². The van der Waals surface area contributed by atoms with Crippen molar-refractivity contribution in [3.63, 3.8) is 0 Å². The van der Waals surface area contributed by atoms with Crippen LogP contribution < -0.4 is 4.74 Å². The predicted octanol–water partition coefficient (Wildman–Crippen LogP) is 1.65. The van der Waals surface area contributed by atoms with Crippen LogP contribution >= 0.6 is 0 Å². The Morgan fingerprint density at radius 3 is 2.60 bits per heavy atom. The number of carbonyl (C=O) groups is 1. The van der Waals surface area contributed by atoms with Gasteiger partial charge in [0.05, 0.1) is 5.56 Å². The summed E-state index contributed by atoms with van der Waals surface area (Å²) in [4.78, 5) is 15.8. The van der Waals surface area contributed by atoms with E-state index >= 15 is 0 Å². The molecule has 1 fully saturated rings. The highest BCUT2D eigenvalue weighted by Gasteiger charge is 2.13. The molecule has 2 rings (SSSR count). The van der Waals surface area contributed by atoms with Gasteiger partial charge in [-0.1, -0.05) is 0 Å². The number of hydrogen-bond acceptors (Lipinski definition) is 4. The molecule has 0 atom stereocenters. The Kier molecular flexibility index (Phi) is 5.09. The molecule has 0 saturated carbocycles. The van der Waals surface area contributed by atoms with Gasteiger partial charge >= 0.3 is 0 Å². The average molecular weight is 280 g/mol. The summed E-state index contributed by atoms with van der Waals surface area (Å²) in [6.07, 6.45) is 0.